The number of hydrogen-bond acceptors (Lipinski definition) is 6. The van der Waals surface area contributed by atoms with Gasteiger partial charge in [0, 0.05) is 50.2 Å². The lowest BCUT2D eigenvalue weighted by atomic mass is 10.2. The quantitative estimate of drug-likeness (QED) is 0.812. The molecule has 0 atom stereocenters. The zero-order chi connectivity index (χ0) is 18.7. The second kappa shape index (κ2) is 7.14. The summed E-state index contributed by atoms with van der Waals surface area (Å²) in [5, 5.41) is 0. The molecule has 1 saturated heterocycles. The molecule has 0 unspecified atom stereocenters. The molecule has 2 aromatic heterocycles. The smallest absolute Gasteiger partial charge is 0.433 e. The highest BCUT2D eigenvalue weighted by molar-refractivity contribution is 5.68. The summed E-state index contributed by atoms with van der Waals surface area (Å²) < 4.78 is 44.4. The number of carbonyl (C=O) groups excluding carboxylic acids is 1. The number of rotatable bonds is 2. The van der Waals surface area contributed by atoms with Gasteiger partial charge in [-0.1, -0.05) is 0 Å². The molecular weight excluding hydrogens is 351 g/mol. The number of carbonyl (C=O) groups is 1. The second-order valence-corrected chi connectivity index (χ2v) is 5.61. The number of methoxy groups -OCH3 is 1. The van der Waals surface area contributed by atoms with Crippen LogP contribution in [0.3, 0.4) is 0 Å². The van der Waals surface area contributed by atoms with Crippen LogP contribution in [0.5, 0.6) is 0 Å². The Morgan fingerprint density at radius 1 is 1.12 bits per heavy atom. The first-order valence-electron chi connectivity index (χ1n) is 7.83. The predicted molar refractivity (Wildman–Crippen MR) is 86.5 cm³/mol. The summed E-state index contributed by atoms with van der Waals surface area (Å²) in [6.45, 7) is 1.36. The van der Waals surface area contributed by atoms with E-state index in [1.165, 1.54) is 24.4 Å². The maximum Gasteiger partial charge on any atom is 0.433 e. The first-order valence-corrected chi connectivity index (χ1v) is 7.83. The van der Waals surface area contributed by atoms with Gasteiger partial charge in [0.2, 0.25) is 0 Å². The van der Waals surface area contributed by atoms with Crippen molar-refractivity contribution in [2.24, 2.45) is 0 Å². The molecule has 3 heterocycles. The monoisotopic (exact) mass is 367 g/mol. The van der Waals surface area contributed by atoms with Crippen molar-refractivity contribution in [3.05, 3.63) is 36.3 Å². The van der Waals surface area contributed by atoms with Gasteiger partial charge in [-0.25, -0.2) is 14.8 Å². The van der Waals surface area contributed by atoms with E-state index in [9.17, 15) is 18.0 Å². The molecule has 138 valence electrons. The lowest BCUT2D eigenvalue weighted by molar-refractivity contribution is -0.141. The molecule has 0 spiro atoms. The molecule has 0 aromatic carbocycles. The Balaban J connectivity index is 1.91. The minimum atomic E-state index is -4.59. The number of anilines is 1. The minimum Gasteiger partial charge on any atom is -0.453 e. The van der Waals surface area contributed by atoms with Crippen molar-refractivity contribution in [3.8, 4) is 11.4 Å². The predicted octanol–water partition coefficient (Wildman–Crippen LogP) is 2.45. The second-order valence-electron chi connectivity index (χ2n) is 5.61. The number of hydrogen-bond donors (Lipinski definition) is 0. The van der Waals surface area contributed by atoms with E-state index in [1.54, 1.807) is 17.0 Å². The highest BCUT2D eigenvalue weighted by Gasteiger charge is 2.35. The number of nitrogens with zero attached hydrogens (tertiary/aromatic N) is 5. The summed E-state index contributed by atoms with van der Waals surface area (Å²) in [7, 11) is 1.29. The third kappa shape index (κ3) is 3.84. The van der Waals surface area contributed by atoms with Crippen molar-refractivity contribution >= 4 is 11.9 Å². The molecular formula is C16H16F3N5O2. The fourth-order valence-corrected chi connectivity index (χ4v) is 2.62. The van der Waals surface area contributed by atoms with E-state index in [0.29, 0.717) is 31.7 Å². The van der Waals surface area contributed by atoms with E-state index in [2.05, 4.69) is 19.7 Å². The van der Waals surface area contributed by atoms with Crippen LogP contribution < -0.4 is 4.90 Å². The Labute approximate surface area is 147 Å². The molecule has 3 rings (SSSR count). The SMILES string of the molecule is COC(=O)N1CCN(c2cc(C(F)(F)F)nc(-c3ccncc3)n2)CC1. The van der Waals surface area contributed by atoms with Crippen molar-refractivity contribution in [1.82, 2.24) is 19.9 Å². The molecule has 0 aliphatic carbocycles. The molecule has 0 saturated carbocycles. The molecule has 7 nitrogen and oxygen atoms in total. The maximum atomic E-state index is 13.3. The summed E-state index contributed by atoms with van der Waals surface area (Å²) in [5.74, 6) is 0.149. The molecule has 0 radical (unpaired) electrons. The number of amides is 1. The Morgan fingerprint density at radius 3 is 2.35 bits per heavy atom. The van der Waals surface area contributed by atoms with Crippen LogP contribution in [-0.2, 0) is 10.9 Å². The largest absolute Gasteiger partial charge is 0.453 e. The first kappa shape index (κ1) is 17.9. The molecule has 1 fully saturated rings. The van der Waals surface area contributed by atoms with Crippen LogP contribution in [0.1, 0.15) is 5.69 Å². The van der Waals surface area contributed by atoms with Crippen LogP contribution >= 0.6 is 0 Å². The van der Waals surface area contributed by atoms with Gasteiger partial charge in [0.1, 0.15) is 5.82 Å². The number of halogens is 3. The van der Waals surface area contributed by atoms with Gasteiger partial charge >= 0.3 is 12.3 Å². The van der Waals surface area contributed by atoms with Crippen molar-refractivity contribution < 1.29 is 22.7 Å². The summed E-state index contributed by atoms with van der Waals surface area (Å²) in [5.41, 5.74) is -0.565. The Hall–Kier alpha value is -2.91. The standard InChI is InChI=1S/C16H16F3N5O2/c1-26-15(25)24-8-6-23(7-9-24)13-10-12(16(17,18)19)21-14(22-13)11-2-4-20-5-3-11/h2-5,10H,6-9H2,1H3. The summed E-state index contributed by atoms with van der Waals surface area (Å²) in [4.78, 5) is 26.5. The summed E-state index contributed by atoms with van der Waals surface area (Å²) in [6.07, 6.45) is -2.12. The van der Waals surface area contributed by atoms with Crippen LogP contribution in [0, 0.1) is 0 Å². The molecule has 0 N–H and O–H groups in total. The van der Waals surface area contributed by atoms with Crippen LogP contribution in [0.4, 0.5) is 23.8 Å². The van der Waals surface area contributed by atoms with E-state index in [1.807, 2.05) is 0 Å². The maximum absolute atomic E-state index is 13.3. The Kier molecular flexibility index (Phi) is 4.92. The topological polar surface area (TPSA) is 71.5 Å². The zero-order valence-electron chi connectivity index (χ0n) is 13.9. The number of piperazine rings is 1. The van der Waals surface area contributed by atoms with Crippen molar-refractivity contribution in [2.45, 2.75) is 6.18 Å². The van der Waals surface area contributed by atoms with Gasteiger partial charge in [0.05, 0.1) is 7.11 Å². The Morgan fingerprint density at radius 2 is 1.77 bits per heavy atom. The third-order valence-corrected chi connectivity index (χ3v) is 3.98. The molecule has 0 bridgehead atoms. The first-order chi connectivity index (χ1) is 12.4. The van der Waals surface area contributed by atoms with Gasteiger partial charge in [-0.05, 0) is 12.1 Å². The van der Waals surface area contributed by atoms with Crippen molar-refractivity contribution in [2.75, 3.05) is 38.2 Å². The van der Waals surface area contributed by atoms with Crippen LogP contribution in [-0.4, -0.2) is 59.2 Å². The minimum absolute atomic E-state index is 0.0207. The average molecular weight is 367 g/mol. The molecule has 1 aliphatic heterocycles. The highest BCUT2D eigenvalue weighted by Crippen LogP contribution is 2.31. The van der Waals surface area contributed by atoms with E-state index in [4.69, 9.17) is 0 Å². The average Bonchev–Trinajstić information content (AvgIpc) is 2.67. The van der Waals surface area contributed by atoms with Gasteiger partial charge in [-0.15, -0.1) is 0 Å². The number of pyridine rings is 1. The normalized spacial score (nSPS) is 15.1. The van der Waals surface area contributed by atoms with E-state index < -0.39 is 18.0 Å². The van der Waals surface area contributed by atoms with E-state index >= 15 is 0 Å². The van der Waals surface area contributed by atoms with E-state index in [-0.39, 0.29) is 11.6 Å². The van der Waals surface area contributed by atoms with Crippen LogP contribution in [0.25, 0.3) is 11.4 Å². The summed E-state index contributed by atoms with van der Waals surface area (Å²) in [6, 6.07) is 4.03. The fourth-order valence-electron chi connectivity index (χ4n) is 2.62. The van der Waals surface area contributed by atoms with Gasteiger partial charge in [0.15, 0.2) is 11.5 Å². The van der Waals surface area contributed by atoms with E-state index in [0.717, 1.165) is 6.07 Å². The molecule has 1 amide bonds. The summed E-state index contributed by atoms with van der Waals surface area (Å²) >= 11 is 0. The number of aromatic nitrogens is 3. The molecule has 10 heteroatoms. The molecule has 1 aliphatic rings. The van der Waals surface area contributed by atoms with Gasteiger partial charge < -0.3 is 14.5 Å². The fraction of sp³-hybridized carbons (Fsp3) is 0.375. The van der Waals surface area contributed by atoms with Gasteiger partial charge in [-0.2, -0.15) is 13.2 Å². The lowest BCUT2D eigenvalue weighted by Gasteiger charge is -2.34. The van der Waals surface area contributed by atoms with Gasteiger partial charge in [0.25, 0.3) is 0 Å². The zero-order valence-corrected chi connectivity index (χ0v) is 13.9. The van der Waals surface area contributed by atoms with Crippen molar-refractivity contribution in [3.63, 3.8) is 0 Å². The number of ether oxygens (including phenoxy) is 1. The Bertz CT molecular complexity index is 777. The van der Waals surface area contributed by atoms with Crippen LogP contribution in [0.15, 0.2) is 30.6 Å². The number of alkyl halides is 3. The highest BCUT2D eigenvalue weighted by atomic mass is 19.4. The van der Waals surface area contributed by atoms with Crippen LogP contribution in [0.2, 0.25) is 0 Å². The third-order valence-electron chi connectivity index (χ3n) is 3.98. The molecule has 26 heavy (non-hydrogen) atoms. The molecule has 2 aromatic rings. The van der Waals surface area contributed by atoms with Crippen molar-refractivity contribution in [1.29, 1.82) is 0 Å². The van der Waals surface area contributed by atoms with Gasteiger partial charge in [-0.3, -0.25) is 4.98 Å². The lowest BCUT2D eigenvalue weighted by Crippen LogP contribution is -2.49.